The Hall–Kier alpha value is -3.80. The molecule has 3 aromatic rings. The van der Waals surface area contributed by atoms with E-state index in [-0.39, 0.29) is 18.6 Å². The first-order chi connectivity index (χ1) is 14.2. The maximum atomic E-state index is 12.4. The van der Waals surface area contributed by atoms with E-state index in [1.165, 1.54) is 0 Å². The highest BCUT2D eigenvalue weighted by Crippen LogP contribution is 2.32. The molecule has 0 spiro atoms. The molecule has 1 aliphatic heterocycles. The first kappa shape index (κ1) is 18.6. The number of hydrogen-bond acceptors (Lipinski definition) is 4. The molecule has 0 bridgehead atoms. The van der Waals surface area contributed by atoms with Gasteiger partial charge in [-0.1, -0.05) is 36.4 Å². The minimum Gasteiger partial charge on any atom is -0.454 e. The first-order valence-corrected chi connectivity index (χ1v) is 9.28. The number of amides is 2. The standard InChI is InChI=1S/C23H20N2O4/c26-22(18-4-2-1-3-5-18)24-13-16-6-9-19(10-7-16)23(27)25-14-17-8-11-20-21(12-17)29-15-28-20/h1-12H,13-15H2,(H,24,26)(H,25,27). The second-order valence-corrected chi connectivity index (χ2v) is 6.62. The topological polar surface area (TPSA) is 76.7 Å². The zero-order valence-electron chi connectivity index (χ0n) is 15.7. The Kier molecular flexibility index (Phi) is 5.42. The SMILES string of the molecule is O=C(NCc1ccc(C(=O)NCc2ccc3c(c2)OCO3)cc1)c1ccccc1. The summed E-state index contributed by atoms with van der Waals surface area (Å²) in [6, 6.07) is 21.8. The van der Waals surface area contributed by atoms with Crippen LogP contribution >= 0.6 is 0 Å². The molecule has 6 nitrogen and oxygen atoms in total. The van der Waals surface area contributed by atoms with Crippen LogP contribution in [0.25, 0.3) is 0 Å². The van der Waals surface area contributed by atoms with Gasteiger partial charge in [0, 0.05) is 24.2 Å². The predicted molar refractivity (Wildman–Crippen MR) is 108 cm³/mol. The van der Waals surface area contributed by atoms with E-state index in [0.29, 0.717) is 30.0 Å². The molecule has 0 unspecified atom stereocenters. The summed E-state index contributed by atoms with van der Waals surface area (Å²) in [6.45, 7) is 1.01. The van der Waals surface area contributed by atoms with Gasteiger partial charge in [0.25, 0.3) is 11.8 Å². The largest absolute Gasteiger partial charge is 0.454 e. The van der Waals surface area contributed by atoms with E-state index in [2.05, 4.69) is 10.6 Å². The highest BCUT2D eigenvalue weighted by atomic mass is 16.7. The quantitative estimate of drug-likeness (QED) is 0.680. The third kappa shape index (κ3) is 4.55. The fourth-order valence-electron chi connectivity index (χ4n) is 2.98. The van der Waals surface area contributed by atoms with Crippen molar-refractivity contribution in [1.29, 1.82) is 0 Å². The van der Waals surface area contributed by atoms with Crippen LogP contribution in [0, 0.1) is 0 Å². The first-order valence-electron chi connectivity index (χ1n) is 9.28. The fourth-order valence-corrected chi connectivity index (χ4v) is 2.98. The molecule has 2 amide bonds. The molecule has 1 heterocycles. The van der Waals surface area contributed by atoms with Gasteiger partial charge in [-0.25, -0.2) is 0 Å². The molecule has 0 saturated heterocycles. The maximum absolute atomic E-state index is 12.4. The van der Waals surface area contributed by atoms with E-state index >= 15 is 0 Å². The predicted octanol–water partition coefficient (Wildman–Crippen LogP) is 3.28. The van der Waals surface area contributed by atoms with Crippen LogP contribution in [0.5, 0.6) is 11.5 Å². The van der Waals surface area contributed by atoms with Gasteiger partial charge in [0.1, 0.15) is 0 Å². The van der Waals surface area contributed by atoms with E-state index in [1.807, 2.05) is 48.5 Å². The van der Waals surface area contributed by atoms with Crippen molar-refractivity contribution in [3.63, 3.8) is 0 Å². The van der Waals surface area contributed by atoms with Crippen LogP contribution in [0.3, 0.4) is 0 Å². The summed E-state index contributed by atoms with van der Waals surface area (Å²) in [4.78, 5) is 24.5. The molecule has 3 aromatic carbocycles. The number of hydrogen-bond donors (Lipinski definition) is 2. The van der Waals surface area contributed by atoms with Crippen LogP contribution in [-0.4, -0.2) is 18.6 Å². The lowest BCUT2D eigenvalue weighted by molar-refractivity contribution is 0.0941. The number of benzene rings is 3. The third-order valence-corrected chi connectivity index (χ3v) is 4.60. The Balaban J connectivity index is 1.29. The highest BCUT2D eigenvalue weighted by Gasteiger charge is 2.13. The normalized spacial score (nSPS) is 11.7. The summed E-state index contributed by atoms with van der Waals surface area (Å²) in [5, 5.41) is 5.76. The fraction of sp³-hybridized carbons (Fsp3) is 0.130. The van der Waals surface area contributed by atoms with Crippen LogP contribution in [0.15, 0.2) is 72.8 Å². The summed E-state index contributed by atoms with van der Waals surface area (Å²) in [5.74, 6) is 1.12. The van der Waals surface area contributed by atoms with Crippen LogP contribution in [0.2, 0.25) is 0 Å². The van der Waals surface area contributed by atoms with Crippen molar-refractivity contribution in [2.75, 3.05) is 6.79 Å². The van der Waals surface area contributed by atoms with Crippen LogP contribution in [0.1, 0.15) is 31.8 Å². The molecule has 0 radical (unpaired) electrons. The van der Waals surface area contributed by atoms with Gasteiger partial charge >= 0.3 is 0 Å². The van der Waals surface area contributed by atoms with Crippen LogP contribution in [-0.2, 0) is 13.1 Å². The summed E-state index contributed by atoms with van der Waals surface area (Å²) in [7, 11) is 0. The van der Waals surface area contributed by atoms with E-state index in [0.717, 1.165) is 16.9 Å². The highest BCUT2D eigenvalue weighted by molar-refractivity contribution is 5.94. The number of rotatable bonds is 6. The van der Waals surface area contributed by atoms with Crippen molar-refractivity contribution >= 4 is 11.8 Å². The van der Waals surface area contributed by atoms with Crippen LogP contribution in [0.4, 0.5) is 0 Å². The molecule has 2 N–H and O–H groups in total. The number of fused-ring (bicyclic) bond motifs is 1. The second kappa shape index (κ2) is 8.48. The van der Waals surface area contributed by atoms with Crippen molar-refractivity contribution in [3.8, 4) is 11.5 Å². The van der Waals surface area contributed by atoms with Gasteiger partial charge in [0.15, 0.2) is 11.5 Å². The van der Waals surface area contributed by atoms with Crippen molar-refractivity contribution in [2.24, 2.45) is 0 Å². The molecule has 0 atom stereocenters. The van der Waals surface area contributed by atoms with Gasteiger partial charge in [-0.05, 0) is 47.5 Å². The van der Waals surface area contributed by atoms with Crippen molar-refractivity contribution in [2.45, 2.75) is 13.1 Å². The lowest BCUT2D eigenvalue weighted by atomic mass is 10.1. The molecule has 0 fully saturated rings. The maximum Gasteiger partial charge on any atom is 0.251 e. The molecule has 29 heavy (non-hydrogen) atoms. The van der Waals surface area contributed by atoms with Crippen molar-refractivity contribution < 1.29 is 19.1 Å². The lowest BCUT2D eigenvalue weighted by Crippen LogP contribution is -2.24. The summed E-state index contributed by atoms with van der Waals surface area (Å²) in [6.07, 6.45) is 0. The van der Waals surface area contributed by atoms with E-state index in [1.54, 1.807) is 24.3 Å². The molecule has 4 rings (SSSR count). The average molecular weight is 388 g/mol. The minimum atomic E-state index is -0.164. The van der Waals surface area contributed by atoms with Crippen molar-refractivity contribution in [1.82, 2.24) is 10.6 Å². The minimum absolute atomic E-state index is 0.129. The van der Waals surface area contributed by atoms with Crippen molar-refractivity contribution in [3.05, 3.63) is 95.1 Å². The van der Waals surface area contributed by atoms with E-state index in [9.17, 15) is 9.59 Å². The van der Waals surface area contributed by atoms with Crippen LogP contribution < -0.4 is 20.1 Å². The molecule has 0 aliphatic carbocycles. The molecular weight excluding hydrogens is 368 g/mol. The molecule has 0 aromatic heterocycles. The smallest absolute Gasteiger partial charge is 0.251 e. The lowest BCUT2D eigenvalue weighted by Gasteiger charge is -2.08. The molecule has 6 heteroatoms. The number of ether oxygens (including phenoxy) is 2. The third-order valence-electron chi connectivity index (χ3n) is 4.60. The van der Waals surface area contributed by atoms with E-state index < -0.39 is 0 Å². The monoisotopic (exact) mass is 388 g/mol. The Morgan fingerprint density at radius 1 is 0.690 bits per heavy atom. The molecule has 146 valence electrons. The summed E-state index contributed by atoms with van der Waals surface area (Å²) < 4.78 is 10.6. The zero-order chi connectivity index (χ0) is 20.1. The molecule has 0 saturated carbocycles. The van der Waals surface area contributed by atoms with E-state index in [4.69, 9.17) is 9.47 Å². The van der Waals surface area contributed by atoms with Gasteiger partial charge in [0.2, 0.25) is 6.79 Å². The molecular formula is C23H20N2O4. The second-order valence-electron chi connectivity index (χ2n) is 6.62. The molecule has 1 aliphatic rings. The zero-order valence-corrected chi connectivity index (χ0v) is 15.7. The Morgan fingerprint density at radius 3 is 2.00 bits per heavy atom. The van der Waals surface area contributed by atoms with Gasteiger partial charge in [-0.15, -0.1) is 0 Å². The van der Waals surface area contributed by atoms with Gasteiger partial charge in [-0.3, -0.25) is 9.59 Å². The summed E-state index contributed by atoms with van der Waals surface area (Å²) in [5.41, 5.74) is 3.03. The van der Waals surface area contributed by atoms with Gasteiger partial charge in [-0.2, -0.15) is 0 Å². The Bertz CT molecular complexity index is 1020. The summed E-state index contributed by atoms with van der Waals surface area (Å²) >= 11 is 0. The number of nitrogens with one attached hydrogen (secondary N) is 2. The average Bonchev–Trinajstić information content (AvgIpc) is 3.24. The number of carbonyl (C=O) groups is 2. The van der Waals surface area contributed by atoms with Gasteiger partial charge in [0.05, 0.1) is 0 Å². The van der Waals surface area contributed by atoms with Gasteiger partial charge < -0.3 is 20.1 Å². The Morgan fingerprint density at radius 2 is 1.28 bits per heavy atom. The Labute approximate surface area is 168 Å². The number of carbonyl (C=O) groups excluding carboxylic acids is 2.